The van der Waals surface area contributed by atoms with E-state index in [2.05, 4.69) is 26.1 Å². The molecule has 1 aliphatic rings. The Morgan fingerprint density at radius 3 is 2.41 bits per heavy atom. The highest BCUT2D eigenvalue weighted by molar-refractivity contribution is 7.17. The molecule has 3 N–H and O–H groups in total. The van der Waals surface area contributed by atoms with Crippen LogP contribution in [0.25, 0.3) is 6.08 Å². The molecule has 1 heterocycles. The Morgan fingerprint density at radius 1 is 1.17 bits per heavy atom. The summed E-state index contributed by atoms with van der Waals surface area (Å²) in [4.78, 5) is 25.8. The Bertz CT molecular complexity index is 1020. The van der Waals surface area contributed by atoms with E-state index in [1.807, 2.05) is 30.3 Å². The van der Waals surface area contributed by atoms with Gasteiger partial charge in [0.25, 0.3) is 11.8 Å². The fourth-order valence-electron chi connectivity index (χ4n) is 3.48. The molecule has 1 aliphatic carbocycles. The zero-order valence-electron chi connectivity index (χ0n) is 17.0. The van der Waals surface area contributed by atoms with Gasteiger partial charge in [-0.1, -0.05) is 45.0 Å². The summed E-state index contributed by atoms with van der Waals surface area (Å²) < 4.78 is 0. The third-order valence-electron chi connectivity index (χ3n) is 5.10. The minimum absolute atomic E-state index is 0.0182. The highest BCUT2D eigenvalue weighted by Crippen LogP contribution is 2.38. The minimum atomic E-state index is -0.542. The molecule has 1 aromatic carbocycles. The lowest BCUT2D eigenvalue weighted by molar-refractivity contribution is -0.112. The van der Waals surface area contributed by atoms with Crippen LogP contribution in [0.1, 0.15) is 65.5 Å². The Kier molecular flexibility index (Phi) is 5.90. The van der Waals surface area contributed by atoms with Crippen LogP contribution in [0.4, 0.5) is 5.00 Å². The first-order valence-electron chi connectivity index (χ1n) is 9.68. The second-order valence-corrected chi connectivity index (χ2v) is 9.38. The molecule has 150 valence electrons. The number of nitrogens with one attached hydrogen (secondary N) is 1. The smallest absolute Gasteiger partial charge is 0.266 e. The van der Waals surface area contributed by atoms with Crippen molar-refractivity contribution in [1.82, 2.24) is 0 Å². The summed E-state index contributed by atoms with van der Waals surface area (Å²) in [6.07, 6.45) is 5.30. The largest absolute Gasteiger partial charge is 0.365 e. The average molecular weight is 408 g/mol. The van der Waals surface area contributed by atoms with Gasteiger partial charge in [0.2, 0.25) is 0 Å². The van der Waals surface area contributed by atoms with Crippen molar-refractivity contribution in [3.63, 3.8) is 0 Å². The number of rotatable bonds is 4. The highest BCUT2D eigenvalue weighted by Gasteiger charge is 2.25. The van der Waals surface area contributed by atoms with Gasteiger partial charge < -0.3 is 11.1 Å². The Balaban J connectivity index is 1.86. The number of benzene rings is 1. The molecule has 0 bridgehead atoms. The van der Waals surface area contributed by atoms with Crippen LogP contribution >= 0.6 is 11.3 Å². The molecule has 0 saturated carbocycles. The second-order valence-electron chi connectivity index (χ2n) is 8.28. The summed E-state index contributed by atoms with van der Waals surface area (Å²) in [5.74, 6) is -1.08. The molecule has 0 atom stereocenters. The molecule has 2 aromatic rings. The number of nitrogens with zero attached hydrogens (tertiary/aromatic N) is 1. The topological polar surface area (TPSA) is 96.0 Å². The van der Waals surface area contributed by atoms with Crippen LogP contribution in [0.5, 0.6) is 0 Å². The molecule has 3 rings (SSSR count). The van der Waals surface area contributed by atoms with E-state index in [4.69, 9.17) is 5.73 Å². The van der Waals surface area contributed by atoms with Crippen LogP contribution in [0.15, 0.2) is 29.8 Å². The summed E-state index contributed by atoms with van der Waals surface area (Å²) in [7, 11) is 0. The molecule has 0 spiro atoms. The normalized spacial score (nSPS) is 14.1. The number of nitriles is 1. The SMILES string of the molecule is CC(C)(C)c1ccc(C=C(C#N)C(=O)Nc2sc3c(c2C(N)=O)CCCC3)cc1. The first-order valence-corrected chi connectivity index (χ1v) is 10.5. The number of thiophene rings is 1. The lowest BCUT2D eigenvalue weighted by Crippen LogP contribution is -2.19. The van der Waals surface area contributed by atoms with E-state index in [1.165, 1.54) is 16.9 Å². The summed E-state index contributed by atoms with van der Waals surface area (Å²) in [6.45, 7) is 6.38. The van der Waals surface area contributed by atoms with Crippen LogP contribution in [0.3, 0.4) is 0 Å². The summed E-state index contributed by atoms with van der Waals surface area (Å²) in [6, 6.07) is 9.74. The number of hydrogen-bond acceptors (Lipinski definition) is 4. The molecule has 0 unspecified atom stereocenters. The predicted octanol–water partition coefficient (Wildman–Crippen LogP) is 4.57. The van der Waals surface area contributed by atoms with Gasteiger partial charge in [0.1, 0.15) is 16.6 Å². The van der Waals surface area contributed by atoms with E-state index in [-0.39, 0.29) is 11.0 Å². The molecule has 0 aliphatic heterocycles. The molecule has 2 amide bonds. The van der Waals surface area contributed by atoms with Gasteiger partial charge in [0, 0.05) is 4.88 Å². The zero-order valence-corrected chi connectivity index (χ0v) is 17.8. The molecule has 0 saturated heterocycles. The van der Waals surface area contributed by atoms with Crippen molar-refractivity contribution in [1.29, 1.82) is 5.26 Å². The van der Waals surface area contributed by atoms with Crippen molar-refractivity contribution in [3.8, 4) is 6.07 Å². The molecular formula is C23H25N3O2S. The van der Waals surface area contributed by atoms with Crippen molar-refractivity contribution in [3.05, 3.63) is 57.0 Å². The first-order chi connectivity index (χ1) is 13.7. The van der Waals surface area contributed by atoms with E-state index < -0.39 is 11.8 Å². The molecule has 6 heteroatoms. The van der Waals surface area contributed by atoms with Gasteiger partial charge in [-0.05, 0) is 53.9 Å². The molecule has 5 nitrogen and oxygen atoms in total. The number of hydrogen-bond donors (Lipinski definition) is 2. The maximum atomic E-state index is 12.7. The van der Waals surface area contributed by atoms with Crippen LogP contribution in [-0.2, 0) is 23.1 Å². The quantitative estimate of drug-likeness (QED) is 0.574. The summed E-state index contributed by atoms with van der Waals surface area (Å²) >= 11 is 1.39. The van der Waals surface area contributed by atoms with E-state index in [1.54, 1.807) is 6.08 Å². The van der Waals surface area contributed by atoms with Crippen molar-refractivity contribution in [2.75, 3.05) is 5.32 Å². The maximum Gasteiger partial charge on any atom is 0.266 e. The fourth-order valence-corrected chi connectivity index (χ4v) is 4.77. The van der Waals surface area contributed by atoms with Crippen LogP contribution in [0.2, 0.25) is 0 Å². The number of carbonyl (C=O) groups is 2. The van der Waals surface area contributed by atoms with Crippen molar-refractivity contribution < 1.29 is 9.59 Å². The minimum Gasteiger partial charge on any atom is -0.365 e. The van der Waals surface area contributed by atoms with Crippen LogP contribution in [0, 0.1) is 11.3 Å². The number of carbonyl (C=O) groups excluding carboxylic acids is 2. The highest BCUT2D eigenvalue weighted by atomic mass is 32.1. The Hall–Kier alpha value is -2.91. The maximum absolute atomic E-state index is 12.7. The number of nitrogens with two attached hydrogens (primary N) is 1. The summed E-state index contributed by atoms with van der Waals surface area (Å²) in [5, 5.41) is 12.7. The zero-order chi connectivity index (χ0) is 21.2. The van der Waals surface area contributed by atoms with E-state index >= 15 is 0 Å². The molecule has 0 radical (unpaired) electrons. The predicted molar refractivity (Wildman–Crippen MR) is 117 cm³/mol. The van der Waals surface area contributed by atoms with Gasteiger partial charge in [-0.15, -0.1) is 11.3 Å². The first kappa shape index (κ1) is 20.8. The van der Waals surface area contributed by atoms with Crippen molar-refractivity contribution in [2.24, 2.45) is 5.73 Å². The van der Waals surface area contributed by atoms with Crippen LogP contribution in [-0.4, -0.2) is 11.8 Å². The molecule has 1 aromatic heterocycles. The van der Waals surface area contributed by atoms with Crippen LogP contribution < -0.4 is 11.1 Å². The van der Waals surface area contributed by atoms with Gasteiger partial charge >= 0.3 is 0 Å². The van der Waals surface area contributed by atoms with E-state index in [9.17, 15) is 14.9 Å². The molecular weight excluding hydrogens is 382 g/mol. The van der Waals surface area contributed by atoms with Crippen molar-refractivity contribution >= 4 is 34.2 Å². The average Bonchev–Trinajstić information content (AvgIpc) is 3.03. The van der Waals surface area contributed by atoms with E-state index in [0.717, 1.165) is 41.7 Å². The van der Waals surface area contributed by atoms with Gasteiger partial charge in [0.15, 0.2) is 0 Å². The molecule has 29 heavy (non-hydrogen) atoms. The monoisotopic (exact) mass is 407 g/mol. The number of amides is 2. The number of primary amides is 1. The number of aryl methyl sites for hydroxylation is 1. The third-order valence-corrected chi connectivity index (χ3v) is 6.30. The Labute approximate surface area is 175 Å². The third kappa shape index (κ3) is 4.57. The fraction of sp³-hybridized carbons (Fsp3) is 0.348. The lowest BCUT2D eigenvalue weighted by atomic mass is 9.86. The van der Waals surface area contributed by atoms with Gasteiger partial charge in [-0.25, -0.2) is 0 Å². The van der Waals surface area contributed by atoms with Gasteiger partial charge in [0.05, 0.1) is 5.56 Å². The van der Waals surface area contributed by atoms with Crippen molar-refractivity contribution in [2.45, 2.75) is 51.9 Å². The Morgan fingerprint density at radius 2 is 1.83 bits per heavy atom. The lowest BCUT2D eigenvalue weighted by Gasteiger charge is -2.18. The number of anilines is 1. The number of fused-ring (bicyclic) bond motifs is 1. The van der Waals surface area contributed by atoms with Gasteiger partial charge in [-0.2, -0.15) is 5.26 Å². The second kappa shape index (κ2) is 8.22. The van der Waals surface area contributed by atoms with E-state index in [0.29, 0.717) is 10.6 Å². The van der Waals surface area contributed by atoms with Gasteiger partial charge in [-0.3, -0.25) is 9.59 Å². The standard InChI is InChI=1S/C23H25N3O2S/c1-23(2,3)16-10-8-14(9-11-16)12-15(13-24)21(28)26-22-19(20(25)27)17-6-4-5-7-18(17)29-22/h8-12H,4-7H2,1-3H3,(H2,25,27)(H,26,28). The molecule has 0 fully saturated rings. The summed E-state index contributed by atoms with van der Waals surface area (Å²) in [5.41, 5.74) is 8.87.